The summed E-state index contributed by atoms with van der Waals surface area (Å²) >= 11 is 2.85. The van der Waals surface area contributed by atoms with Crippen LogP contribution in [0.3, 0.4) is 0 Å². The highest BCUT2D eigenvalue weighted by molar-refractivity contribution is 7.99. The second kappa shape index (κ2) is 9.61. The molecule has 158 valence electrons. The van der Waals surface area contributed by atoms with Crippen molar-refractivity contribution >= 4 is 34.1 Å². The summed E-state index contributed by atoms with van der Waals surface area (Å²) in [6.45, 7) is 1.99. The molecule has 4 rings (SSSR count). The fourth-order valence-electron chi connectivity index (χ4n) is 3.72. The largest absolute Gasteiger partial charge is 0.497 e. The lowest BCUT2D eigenvalue weighted by Crippen LogP contribution is -2.17. The first-order valence-corrected chi connectivity index (χ1v) is 11.9. The molecule has 3 aromatic rings. The van der Waals surface area contributed by atoms with E-state index < -0.39 is 0 Å². The number of aromatic nitrogens is 4. The molecule has 0 atom stereocenters. The van der Waals surface area contributed by atoms with Crippen molar-refractivity contribution < 1.29 is 9.53 Å². The Morgan fingerprint density at radius 2 is 2.00 bits per heavy atom. The van der Waals surface area contributed by atoms with E-state index in [1.807, 2.05) is 36.6 Å². The van der Waals surface area contributed by atoms with Crippen LogP contribution < -0.4 is 10.1 Å². The molecule has 9 heteroatoms. The standard InChI is InChI=1S/C21H25N5O2S2/c1-14-24-25-21(26(14)16-6-4-3-5-7-16)30-13-19(27)23-20-22-18(12-29-20)15-8-10-17(28-2)11-9-15/h8-12,16H,3-7,13H2,1-2H3,(H,22,23,27). The number of nitrogens with zero attached hydrogens (tertiary/aromatic N) is 4. The third-order valence-electron chi connectivity index (χ3n) is 5.24. The van der Waals surface area contributed by atoms with Crippen molar-refractivity contribution in [3.8, 4) is 17.0 Å². The molecule has 0 bridgehead atoms. The van der Waals surface area contributed by atoms with E-state index in [9.17, 15) is 4.79 Å². The van der Waals surface area contributed by atoms with Gasteiger partial charge >= 0.3 is 0 Å². The summed E-state index contributed by atoms with van der Waals surface area (Å²) in [5, 5.41) is 14.8. The summed E-state index contributed by atoms with van der Waals surface area (Å²) in [6.07, 6.45) is 6.10. The van der Waals surface area contributed by atoms with Crippen molar-refractivity contribution in [1.82, 2.24) is 19.7 Å². The van der Waals surface area contributed by atoms with Crippen LogP contribution in [0.5, 0.6) is 5.75 Å². The lowest BCUT2D eigenvalue weighted by atomic mass is 9.95. The molecule has 1 fully saturated rings. The number of amides is 1. The van der Waals surface area contributed by atoms with Crippen LogP contribution in [0.15, 0.2) is 34.8 Å². The minimum Gasteiger partial charge on any atom is -0.497 e. The second-order valence-corrected chi connectivity index (χ2v) is 9.10. The van der Waals surface area contributed by atoms with Crippen LogP contribution in [0.2, 0.25) is 0 Å². The molecular formula is C21H25N5O2S2. The Labute approximate surface area is 184 Å². The van der Waals surface area contributed by atoms with Gasteiger partial charge in [-0.05, 0) is 44.0 Å². The number of hydrogen-bond acceptors (Lipinski definition) is 7. The molecule has 0 spiro atoms. The topological polar surface area (TPSA) is 81.9 Å². The summed E-state index contributed by atoms with van der Waals surface area (Å²) in [6, 6.07) is 8.15. The molecular weight excluding hydrogens is 418 g/mol. The number of carbonyl (C=O) groups excluding carboxylic acids is 1. The van der Waals surface area contributed by atoms with Crippen LogP contribution in [0.25, 0.3) is 11.3 Å². The highest BCUT2D eigenvalue weighted by Crippen LogP contribution is 2.32. The summed E-state index contributed by atoms with van der Waals surface area (Å²) in [4.78, 5) is 17.0. The first-order valence-electron chi connectivity index (χ1n) is 10.1. The van der Waals surface area contributed by atoms with Crippen molar-refractivity contribution in [3.05, 3.63) is 35.5 Å². The summed E-state index contributed by atoms with van der Waals surface area (Å²) in [5.41, 5.74) is 1.82. The van der Waals surface area contributed by atoms with Gasteiger partial charge < -0.3 is 14.6 Å². The van der Waals surface area contributed by atoms with E-state index in [4.69, 9.17) is 4.74 Å². The van der Waals surface area contributed by atoms with Crippen LogP contribution in [0.4, 0.5) is 5.13 Å². The summed E-state index contributed by atoms with van der Waals surface area (Å²) < 4.78 is 7.40. The van der Waals surface area contributed by atoms with E-state index in [2.05, 4.69) is 25.1 Å². The Morgan fingerprint density at radius 1 is 1.23 bits per heavy atom. The monoisotopic (exact) mass is 443 g/mol. The zero-order chi connectivity index (χ0) is 20.9. The van der Waals surface area contributed by atoms with Crippen molar-refractivity contribution in [2.75, 3.05) is 18.2 Å². The van der Waals surface area contributed by atoms with E-state index in [0.717, 1.165) is 40.8 Å². The van der Waals surface area contributed by atoms with Gasteiger partial charge in [0.1, 0.15) is 11.6 Å². The van der Waals surface area contributed by atoms with Gasteiger partial charge in [0.25, 0.3) is 0 Å². The molecule has 1 aromatic carbocycles. The average Bonchev–Trinajstić information content (AvgIpc) is 3.39. The summed E-state index contributed by atoms with van der Waals surface area (Å²) in [5.74, 6) is 1.92. The van der Waals surface area contributed by atoms with Gasteiger partial charge in [-0.2, -0.15) is 0 Å². The Bertz CT molecular complexity index is 993. The van der Waals surface area contributed by atoms with Gasteiger partial charge in [0.05, 0.1) is 18.6 Å². The van der Waals surface area contributed by atoms with Gasteiger partial charge in [-0.15, -0.1) is 21.5 Å². The predicted molar refractivity (Wildman–Crippen MR) is 120 cm³/mol. The minimum absolute atomic E-state index is 0.0912. The number of ether oxygens (including phenoxy) is 1. The zero-order valence-corrected chi connectivity index (χ0v) is 18.8. The number of anilines is 1. The Kier molecular flexibility index (Phi) is 6.69. The number of rotatable bonds is 7. The number of benzene rings is 1. The van der Waals surface area contributed by atoms with E-state index in [1.165, 1.54) is 42.4 Å². The van der Waals surface area contributed by atoms with Crippen LogP contribution >= 0.6 is 23.1 Å². The third kappa shape index (κ3) is 4.84. The van der Waals surface area contributed by atoms with Crippen molar-refractivity contribution in [2.45, 2.75) is 50.2 Å². The molecule has 1 saturated carbocycles. The maximum absolute atomic E-state index is 12.5. The van der Waals surface area contributed by atoms with E-state index in [-0.39, 0.29) is 11.7 Å². The summed E-state index contributed by atoms with van der Waals surface area (Å²) in [7, 11) is 1.64. The minimum atomic E-state index is -0.0912. The number of thioether (sulfide) groups is 1. The first kappa shape index (κ1) is 20.9. The molecule has 0 unspecified atom stereocenters. The van der Waals surface area contributed by atoms with Crippen LogP contribution in [-0.4, -0.2) is 38.5 Å². The molecule has 1 N–H and O–H groups in total. The van der Waals surface area contributed by atoms with Gasteiger partial charge in [0.2, 0.25) is 5.91 Å². The molecule has 7 nitrogen and oxygen atoms in total. The van der Waals surface area contributed by atoms with Gasteiger partial charge in [-0.3, -0.25) is 4.79 Å². The van der Waals surface area contributed by atoms with Crippen molar-refractivity contribution in [2.24, 2.45) is 0 Å². The lowest BCUT2D eigenvalue weighted by Gasteiger charge is -2.24. The van der Waals surface area contributed by atoms with Gasteiger partial charge in [-0.25, -0.2) is 4.98 Å². The third-order valence-corrected chi connectivity index (χ3v) is 6.94. The van der Waals surface area contributed by atoms with Crippen LogP contribution in [0, 0.1) is 6.92 Å². The zero-order valence-electron chi connectivity index (χ0n) is 17.1. The normalized spacial score (nSPS) is 14.6. The Balaban J connectivity index is 1.35. The SMILES string of the molecule is COc1ccc(-c2csc(NC(=O)CSc3nnc(C)n3C3CCCCC3)n2)cc1. The van der Waals surface area contributed by atoms with Crippen LogP contribution in [0.1, 0.15) is 44.0 Å². The number of nitrogens with one attached hydrogen (secondary N) is 1. The molecule has 0 saturated heterocycles. The van der Waals surface area contributed by atoms with E-state index >= 15 is 0 Å². The number of thiazole rings is 1. The predicted octanol–water partition coefficient (Wildman–Crippen LogP) is 4.95. The maximum atomic E-state index is 12.5. The van der Waals surface area contributed by atoms with E-state index in [1.54, 1.807) is 7.11 Å². The molecule has 1 aliphatic carbocycles. The van der Waals surface area contributed by atoms with E-state index in [0.29, 0.717) is 11.2 Å². The Hall–Kier alpha value is -2.39. The van der Waals surface area contributed by atoms with Crippen molar-refractivity contribution in [3.63, 3.8) is 0 Å². The smallest absolute Gasteiger partial charge is 0.236 e. The maximum Gasteiger partial charge on any atom is 0.236 e. The highest BCUT2D eigenvalue weighted by Gasteiger charge is 2.22. The fraction of sp³-hybridized carbons (Fsp3) is 0.429. The van der Waals surface area contributed by atoms with Gasteiger partial charge in [0.15, 0.2) is 10.3 Å². The number of aryl methyl sites for hydroxylation is 1. The molecule has 0 radical (unpaired) electrons. The van der Waals surface area contributed by atoms with Crippen LogP contribution in [-0.2, 0) is 4.79 Å². The Morgan fingerprint density at radius 3 is 2.73 bits per heavy atom. The number of methoxy groups -OCH3 is 1. The molecule has 30 heavy (non-hydrogen) atoms. The lowest BCUT2D eigenvalue weighted by molar-refractivity contribution is -0.113. The van der Waals surface area contributed by atoms with Gasteiger partial charge in [-0.1, -0.05) is 31.0 Å². The molecule has 2 heterocycles. The van der Waals surface area contributed by atoms with Gasteiger partial charge in [0, 0.05) is 17.0 Å². The molecule has 1 aliphatic rings. The second-order valence-electron chi connectivity index (χ2n) is 7.29. The number of hydrogen-bond donors (Lipinski definition) is 1. The molecule has 1 amide bonds. The quantitative estimate of drug-likeness (QED) is 0.520. The number of carbonyl (C=O) groups is 1. The fourth-order valence-corrected chi connectivity index (χ4v) is 5.31. The molecule has 0 aliphatic heterocycles. The average molecular weight is 444 g/mol. The molecule has 2 aromatic heterocycles. The highest BCUT2D eigenvalue weighted by atomic mass is 32.2. The first-order chi connectivity index (χ1) is 14.6. The van der Waals surface area contributed by atoms with Crippen molar-refractivity contribution in [1.29, 1.82) is 0 Å².